The van der Waals surface area contributed by atoms with Crippen molar-refractivity contribution in [2.45, 2.75) is 43.5 Å². The SMILES string of the molecule is NC(=O)CN(NC(=O)[C@@H]1CCCN1C(=O)C1(c2ccc(OC(F)(F)F)cc2)CC1)C(=O)CCl. The van der Waals surface area contributed by atoms with Gasteiger partial charge in [-0.3, -0.25) is 24.6 Å². The van der Waals surface area contributed by atoms with Gasteiger partial charge >= 0.3 is 6.36 Å². The molecule has 13 heteroatoms. The summed E-state index contributed by atoms with van der Waals surface area (Å²) < 4.78 is 41.1. The molecule has 0 radical (unpaired) electrons. The van der Waals surface area contributed by atoms with Crippen LogP contribution in [-0.4, -0.2) is 64.9 Å². The van der Waals surface area contributed by atoms with Crippen molar-refractivity contribution in [2.24, 2.45) is 5.73 Å². The van der Waals surface area contributed by atoms with Gasteiger partial charge in [-0.25, -0.2) is 5.01 Å². The molecule has 0 bridgehead atoms. The van der Waals surface area contributed by atoms with Crippen LogP contribution in [0.15, 0.2) is 24.3 Å². The summed E-state index contributed by atoms with van der Waals surface area (Å²) in [5.41, 5.74) is 7.01. The summed E-state index contributed by atoms with van der Waals surface area (Å²) in [5.74, 6) is -3.47. The minimum Gasteiger partial charge on any atom is -0.406 e. The molecule has 1 saturated carbocycles. The maximum absolute atomic E-state index is 13.4. The van der Waals surface area contributed by atoms with Gasteiger partial charge in [0.25, 0.3) is 11.8 Å². The molecule has 33 heavy (non-hydrogen) atoms. The van der Waals surface area contributed by atoms with Gasteiger partial charge in [0.2, 0.25) is 11.8 Å². The normalized spacial score (nSPS) is 19.0. The molecule has 1 aliphatic heterocycles. The van der Waals surface area contributed by atoms with Crippen LogP contribution in [0.4, 0.5) is 13.2 Å². The van der Waals surface area contributed by atoms with Crippen LogP contribution in [0.5, 0.6) is 5.75 Å². The van der Waals surface area contributed by atoms with Crippen LogP contribution in [0, 0.1) is 0 Å². The monoisotopic (exact) mass is 490 g/mol. The van der Waals surface area contributed by atoms with Gasteiger partial charge in [0, 0.05) is 6.54 Å². The number of nitrogens with one attached hydrogen (secondary N) is 1. The van der Waals surface area contributed by atoms with E-state index in [1.54, 1.807) is 0 Å². The average Bonchev–Trinajstić information content (AvgIpc) is 3.40. The summed E-state index contributed by atoms with van der Waals surface area (Å²) >= 11 is 5.50. The molecular weight excluding hydrogens is 469 g/mol. The number of amides is 4. The number of halogens is 4. The lowest BCUT2D eigenvalue weighted by atomic mass is 9.94. The fourth-order valence-electron chi connectivity index (χ4n) is 3.91. The highest BCUT2D eigenvalue weighted by molar-refractivity contribution is 6.27. The van der Waals surface area contributed by atoms with Crippen LogP contribution >= 0.6 is 11.6 Å². The smallest absolute Gasteiger partial charge is 0.406 e. The van der Waals surface area contributed by atoms with Gasteiger partial charge < -0.3 is 15.4 Å². The molecule has 2 aliphatic rings. The molecule has 0 unspecified atom stereocenters. The Morgan fingerprint density at radius 2 is 1.85 bits per heavy atom. The van der Waals surface area contributed by atoms with Gasteiger partial charge in [-0.2, -0.15) is 0 Å². The molecule has 0 aromatic heterocycles. The summed E-state index contributed by atoms with van der Waals surface area (Å²) in [6.45, 7) is -0.276. The number of alkyl halides is 4. The second-order valence-electron chi connectivity index (χ2n) is 7.87. The Balaban J connectivity index is 1.73. The lowest BCUT2D eigenvalue weighted by molar-refractivity contribution is -0.274. The van der Waals surface area contributed by atoms with Gasteiger partial charge in [-0.05, 0) is 43.4 Å². The standard InChI is InChI=1S/C20H22ClF3N4O5/c21-10-16(30)28(11-15(25)29)26-17(31)14-2-1-9-27(14)18(32)19(7-8-19)12-3-5-13(6-4-12)33-20(22,23)24/h3-6,14H,1-2,7-11H2,(H2,25,29)(H,26,31)/t14-/m0/s1. The van der Waals surface area contributed by atoms with Gasteiger partial charge in [-0.1, -0.05) is 12.1 Å². The molecule has 9 nitrogen and oxygen atoms in total. The van der Waals surface area contributed by atoms with Gasteiger partial charge in [0.1, 0.15) is 24.2 Å². The van der Waals surface area contributed by atoms with Gasteiger partial charge in [-0.15, -0.1) is 24.8 Å². The van der Waals surface area contributed by atoms with Crippen LogP contribution in [0.3, 0.4) is 0 Å². The Morgan fingerprint density at radius 1 is 1.21 bits per heavy atom. The molecule has 4 amide bonds. The van der Waals surface area contributed by atoms with Crippen LogP contribution in [0.1, 0.15) is 31.2 Å². The number of hydrogen-bond acceptors (Lipinski definition) is 5. The van der Waals surface area contributed by atoms with Crippen molar-refractivity contribution < 1.29 is 37.1 Å². The van der Waals surface area contributed by atoms with Crippen molar-refractivity contribution in [1.29, 1.82) is 0 Å². The number of primary amides is 1. The van der Waals surface area contributed by atoms with E-state index in [0.717, 1.165) is 12.1 Å². The summed E-state index contributed by atoms with van der Waals surface area (Å²) in [7, 11) is 0. The van der Waals surface area contributed by atoms with Crippen molar-refractivity contribution in [3.8, 4) is 5.75 Å². The summed E-state index contributed by atoms with van der Waals surface area (Å²) in [4.78, 5) is 50.7. The number of nitrogens with two attached hydrogens (primary N) is 1. The first kappa shape index (κ1) is 24.6. The van der Waals surface area contributed by atoms with E-state index in [-0.39, 0.29) is 5.91 Å². The zero-order chi connectivity index (χ0) is 24.4. The van der Waals surface area contributed by atoms with E-state index >= 15 is 0 Å². The number of rotatable bonds is 7. The maximum Gasteiger partial charge on any atom is 0.573 e. The number of ether oxygens (including phenoxy) is 1. The van der Waals surface area contributed by atoms with E-state index in [9.17, 15) is 32.3 Å². The number of carbonyl (C=O) groups excluding carboxylic acids is 4. The first-order valence-corrected chi connectivity index (χ1v) is 10.6. The lowest BCUT2D eigenvalue weighted by Crippen LogP contribution is -2.56. The fourth-order valence-corrected chi connectivity index (χ4v) is 4.05. The van der Waals surface area contributed by atoms with E-state index in [1.165, 1.54) is 17.0 Å². The highest BCUT2D eigenvalue weighted by atomic mass is 35.5. The Hall–Kier alpha value is -3.02. The predicted molar refractivity (Wildman–Crippen MR) is 109 cm³/mol. The quantitative estimate of drug-likeness (QED) is 0.439. The topological polar surface area (TPSA) is 122 Å². The summed E-state index contributed by atoms with van der Waals surface area (Å²) in [6.07, 6.45) is -2.98. The van der Waals surface area contributed by atoms with Crippen molar-refractivity contribution in [1.82, 2.24) is 15.3 Å². The molecular formula is C20H22ClF3N4O5. The second-order valence-corrected chi connectivity index (χ2v) is 8.13. The zero-order valence-corrected chi connectivity index (χ0v) is 18.1. The average molecular weight is 491 g/mol. The number of benzene rings is 1. The van der Waals surface area contributed by atoms with E-state index in [0.29, 0.717) is 42.8 Å². The van der Waals surface area contributed by atoms with Crippen molar-refractivity contribution >= 4 is 35.2 Å². The Kier molecular flexibility index (Phi) is 7.06. The van der Waals surface area contributed by atoms with Crippen LogP contribution in [-0.2, 0) is 24.6 Å². The van der Waals surface area contributed by atoms with Crippen LogP contribution in [0.2, 0.25) is 0 Å². The van der Waals surface area contributed by atoms with E-state index in [2.05, 4.69) is 10.2 Å². The molecule has 1 aromatic carbocycles. The van der Waals surface area contributed by atoms with E-state index < -0.39 is 53.7 Å². The molecule has 1 aliphatic carbocycles. The molecule has 3 N–H and O–H groups in total. The zero-order valence-electron chi connectivity index (χ0n) is 17.4. The minimum absolute atomic E-state index is 0.299. The molecule has 1 aromatic rings. The maximum atomic E-state index is 13.4. The van der Waals surface area contributed by atoms with E-state index in [1.807, 2.05) is 0 Å². The molecule has 2 fully saturated rings. The van der Waals surface area contributed by atoms with Gasteiger partial charge in [0.15, 0.2) is 0 Å². The molecule has 3 rings (SSSR count). The Morgan fingerprint density at radius 3 is 2.36 bits per heavy atom. The number of nitrogens with zero attached hydrogens (tertiary/aromatic N) is 2. The molecule has 1 atom stereocenters. The Bertz CT molecular complexity index is 937. The van der Waals surface area contributed by atoms with Crippen molar-refractivity contribution in [3.63, 3.8) is 0 Å². The largest absolute Gasteiger partial charge is 0.573 e. The van der Waals surface area contributed by atoms with Crippen molar-refractivity contribution in [3.05, 3.63) is 29.8 Å². The molecule has 0 spiro atoms. The molecule has 1 heterocycles. The van der Waals surface area contributed by atoms with E-state index in [4.69, 9.17) is 17.3 Å². The lowest BCUT2D eigenvalue weighted by Gasteiger charge is -2.30. The summed E-state index contributed by atoms with van der Waals surface area (Å²) in [6, 6.07) is 4.21. The third-order valence-electron chi connectivity index (χ3n) is 5.59. The van der Waals surface area contributed by atoms with Crippen LogP contribution < -0.4 is 15.9 Å². The minimum atomic E-state index is -4.82. The third kappa shape index (κ3) is 5.67. The number of carbonyl (C=O) groups is 4. The molecule has 1 saturated heterocycles. The number of likely N-dealkylation sites (tertiary alicyclic amines) is 1. The third-order valence-corrected chi connectivity index (χ3v) is 5.82. The van der Waals surface area contributed by atoms with Crippen molar-refractivity contribution in [2.75, 3.05) is 19.0 Å². The first-order valence-electron chi connectivity index (χ1n) is 10.1. The van der Waals surface area contributed by atoms with Gasteiger partial charge in [0.05, 0.1) is 5.41 Å². The predicted octanol–water partition coefficient (Wildman–Crippen LogP) is 1.19. The highest BCUT2D eigenvalue weighted by Crippen LogP contribution is 2.50. The number of hydrogen-bond donors (Lipinski definition) is 2. The second kappa shape index (κ2) is 9.46. The molecule has 180 valence electrons. The fraction of sp³-hybridized carbons (Fsp3) is 0.500. The van der Waals surface area contributed by atoms with Crippen LogP contribution in [0.25, 0.3) is 0 Å². The number of hydrazine groups is 1. The highest BCUT2D eigenvalue weighted by Gasteiger charge is 2.55. The first-order chi connectivity index (χ1) is 15.5. The summed E-state index contributed by atoms with van der Waals surface area (Å²) in [5, 5.41) is 0.713. The Labute approximate surface area is 191 Å².